The number of hydrogen-bond donors (Lipinski definition) is 1. The molecule has 1 amide bonds. The van der Waals surface area contributed by atoms with Crippen LogP contribution in [0.2, 0.25) is 0 Å². The Morgan fingerprint density at radius 3 is 2.37 bits per heavy atom. The molecule has 0 aromatic carbocycles. The first-order chi connectivity index (χ1) is 9.04. The lowest BCUT2D eigenvalue weighted by molar-refractivity contribution is -0.133. The van der Waals surface area contributed by atoms with Crippen LogP contribution >= 0.6 is 0 Å². The molecule has 1 heterocycles. The Morgan fingerprint density at radius 2 is 1.89 bits per heavy atom. The lowest BCUT2D eigenvalue weighted by Gasteiger charge is -2.39. The number of rotatable bonds is 7. The van der Waals surface area contributed by atoms with Gasteiger partial charge in [0.1, 0.15) is 0 Å². The molecule has 19 heavy (non-hydrogen) atoms. The van der Waals surface area contributed by atoms with Gasteiger partial charge in [0.25, 0.3) is 0 Å². The molecular formula is C16H32N2O. The van der Waals surface area contributed by atoms with Crippen LogP contribution in [-0.4, -0.2) is 30.4 Å². The van der Waals surface area contributed by atoms with Crippen molar-refractivity contribution >= 4 is 5.91 Å². The van der Waals surface area contributed by atoms with Crippen molar-refractivity contribution in [2.45, 2.75) is 65.7 Å². The van der Waals surface area contributed by atoms with Crippen molar-refractivity contribution < 1.29 is 4.79 Å². The number of piperidine rings is 1. The van der Waals surface area contributed by atoms with Gasteiger partial charge >= 0.3 is 0 Å². The van der Waals surface area contributed by atoms with E-state index in [1.54, 1.807) is 0 Å². The summed E-state index contributed by atoms with van der Waals surface area (Å²) < 4.78 is 0. The molecule has 1 fully saturated rings. The third-order valence-electron chi connectivity index (χ3n) is 5.10. The zero-order chi connectivity index (χ0) is 14.3. The van der Waals surface area contributed by atoms with Crippen LogP contribution in [0.15, 0.2) is 0 Å². The van der Waals surface area contributed by atoms with Gasteiger partial charge in [-0.25, -0.2) is 0 Å². The van der Waals surface area contributed by atoms with Crippen LogP contribution in [-0.2, 0) is 4.79 Å². The fourth-order valence-electron chi connectivity index (χ4n) is 2.92. The molecule has 112 valence electrons. The molecule has 0 bridgehead atoms. The first kappa shape index (κ1) is 16.5. The Morgan fingerprint density at radius 1 is 1.26 bits per heavy atom. The zero-order valence-corrected chi connectivity index (χ0v) is 13.1. The molecule has 3 heteroatoms. The summed E-state index contributed by atoms with van der Waals surface area (Å²) in [4.78, 5) is 14.3. The number of nitrogens with zero attached hydrogens (tertiary/aromatic N) is 1. The highest BCUT2D eigenvalue weighted by Gasteiger charge is 2.30. The van der Waals surface area contributed by atoms with Crippen LogP contribution in [0, 0.1) is 11.3 Å². The van der Waals surface area contributed by atoms with Gasteiger partial charge in [0.15, 0.2) is 0 Å². The fraction of sp³-hybridized carbons (Fsp3) is 0.938. The smallest absolute Gasteiger partial charge is 0.222 e. The lowest BCUT2D eigenvalue weighted by Crippen LogP contribution is -2.42. The third-order valence-corrected chi connectivity index (χ3v) is 5.10. The van der Waals surface area contributed by atoms with Gasteiger partial charge in [0.05, 0.1) is 0 Å². The standard InChI is InChI=1S/C16H32N2O/c1-4-14(8-11-17)6-7-15(19)18-12-9-16(3,5-2)10-13-18/h14H,4-13,17H2,1-3H3. The van der Waals surface area contributed by atoms with Crippen LogP contribution in [0.25, 0.3) is 0 Å². The number of nitrogens with two attached hydrogens (primary N) is 1. The summed E-state index contributed by atoms with van der Waals surface area (Å²) >= 11 is 0. The topological polar surface area (TPSA) is 46.3 Å². The van der Waals surface area contributed by atoms with Crippen molar-refractivity contribution in [2.75, 3.05) is 19.6 Å². The Balaban J connectivity index is 2.31. The van der Waals surface area contributed by atoms with E-state index in [9.17, 15) is 4.79 Å². The number of carbonyl (C=O) groups is 1. The van der Waals surface area contributed by atoms with E-state index in [1.165, 1.54) is 6.42 Å². The molecule has 3 nitrogen and oxygen atoms in total. The van der Waals surface area contributed by atoms with Gasteiger partial charge in [-0.05, 0) is 43.6 Å². The summed E-state index contributed by atoms with van der Waals surface area (Å²) in [5.41, 5.74) is 6.06. The van der Waals surface area contributed by atoms with E-state index in [1.807, 2.05) is 0 Å². The van der Waals surface area contributed by atoms with Crippen molar-refractivity contribution in [3.8, 4) is 0 Å². The SMILES string of the molecule is CCC(CCN)CCC(=O)N1CCC(C)(CC)CC1. The molecule has 0 aromatic heterocycles. The monoisotopic (exact) mass is 268 g/mol. The molecule has 0 spiro atoms. The second-order valence-electron chi connectivity index (χ2n) is 6.44. The molecular weight excluding hydrogens is 236 g/mol. The van der Waals surface area contributed by atoms with E-state index in [-0.39, 0.29) is 0 Å². The molecule has 1 atom stereocenters. The van der Waals surface area contributed by atoms with Gasteiger partial charge in [-0.1, -0.05) is 33.6 Å². The fourth-order valence-corrected chi connectivity index (χ4v) is 2.92. The molecule has 1 unspecified atom stereocenters. The summed E-state index contributed by atoms with van der Waals surface area (Å²) in [6.45, 7) is 9.46. The minimum atomic E-state index is 0.355. The predicted octanol–water partition coefficient (Wildman–Crippen LogP) is 3.18. The van der Waals surface area contributed by atoms with E-state index in [0.717, 1.165) is 51.7 Å². The average Bonchev–Trinajstić information content (AvgIpc) is 2.44. The Bertz CT molecular complexity index is 270. The third kappa shape index (κ3) is 5.13. The van der Waals surface area contributed by atoms with E-state index in [4.69, 9.17) is 5.73 Å². The molecule has 0 aliphatic carbocycles. The Kier molecular flexibility index (Phi) is 6.84. The molecule has 1 rings (SSSR count). The average molecular weight is 268 g/mol. The van der Waals surface area contributed by atoms with Crippen LogP contribution < -0.4 is 5.73 Å². The molecule has 1 saturated heterocycles. The number of carbonyl (C=O) groups excluding carboxylic acids is 1. The van der Waals surface area contributed by atoms with Crippen LogP contribution in [0.4, 0.5) is 0 Å². The number of hydrogen-bond acceptors (Lipinski definition) is 2. The van der Waals surface area contributed by atoms with Gasteiger partial charge in [0, 0.05) is 19.5 Å². The van der Waals surface area contributed by atoms with Gasteiger partial charge < -0.3 is 10.6 Å². The maximum absolute atomic E-state index is 12.2. The molecule has 0 saturated carbocycles. The molecule has 1 aliphatic heterocycles. The van der Waals surface area contributed by atoms with Crippen LogP contribution in [0.3, 0.4) is 0 Å². The zero-order valence-electron chi connectivity index (χ0n) is 13.1. The van der Waals surface area contributed by atoms with Crippen molar-refractivity contribution in [1.29, 1.82) is 0 Å². The largest absolute Gasteiger partial charge is 0.343 e. The molecule has 0 aromatic rings. The highest BCUT2D eigenvalue weighted by molar-refractivity contribution is 5.76. The second kappa shape index (κ2) is 7.88. The summed E-state index contributed by atoms with van der Waals surface area (Å²) in [6.07, 6.45) is 7.46. The second-order valence-corrected chi connectivity index (χ2v) is 6.44. The van der Waals surface area contributed by atoms with Gasteiger partial charge in [-0.15, -0.1) is 0 Å². The minimum absolute atomic E-state index is 0.355. The minimum Gasteiger partial charge on any atom is -0.343 e. The normalized spacial score (nSPS) is 20.3. The van der Waals surface area contributed by atoms with Crippen LogP contribution in [0.1, 0.15) is 65.7 Å². The molecule has 0 radical (unpaired) electrons. The van der Waals surface area contributed by atoms with Crippen molar-refractivity contribution in [2.24, 2.45) is 17.1 Å². The van der Waals surface area contributed by atoms with E-state index in [0.29, 0.717) is 23.7 Å². The number of amides is 1. The lowest BCUT2D eigenvalue weighted by atomic mass is 9.78. The maximum atomic E-state index is 12.2. The summed E-state index contributed by atoms with van der Waals surface area (Å²) in [5.74, 6) is 0.980. The first-order valence-electron chi connectivity index (χ1n) is 8.02. The van der Waals surface area contributed by atoms with Crippen LogP contribution in [0.5, 0.6) is 0 Å². The highest BCUT2D eigenvalue weighted by atomic mass is 16.2. The Labute approximate surface area is 118 Å². The molecule has 2 N–H and O–H groups in total. The summed E-state index contributed by atoms with van der Waals surface area (Å²) in [6, 6.07) is 0. The van der Waals surface area contributed by atoms with Gasteiger partial charge in [-0.3, -0.25) is 4.79 Å². The van der Waals surface area contributed by atoms with Crippen molar-refractivity contribution in [3.63, 3.8) is 0 Å². The number of likely N-dealkylation sites (tertiary alicyclic amines) is 1. The van der Waals surface area contributed by atoms with Gasteiger partial charge in [-0.2, -0.15) is 0 Å². The summed E-state index contributed by atoms with van der Waals surface area (Å²) in [5, 5.41) is 0. The van der Waals surface area contributed by atoms with E-state index < -0.39 is 0 Å². The van der Waals surface area contributed by atoms with E-state index in [2.05, 4.69) is 25.7 Å². The molecule has 1 aliphatic rings. The van der Waals surface area contributed by atoms with Crippen molar-refractivity contribution in [3.05, 3.63) is 0 Å². The highest BCUT2D eigenvalue weighted by Crippen LogP contribution is 2.34. The summed E-state index contributed by atoms with van der Waals surface area (Å²) in [7, 11) is 0. The Hall–Kier alpha value is -0.570. The first-order valence-corrected chi connectivity index (χ1v) is 8.02. The quantitative estimate of drug-likeness (QED) is 0.771. The predicted molar refractivity (Wildman–Crippen MR) is 80.9 cm³/mol. The van der Waals surface area contributed by atoms with Gasteiger partial charge in [0.2, 0.25) is 5.91 Å². The van der Waals surface area contributed by atoms with Crippen molar-refractivity contribution in [1.82, 2.24) is 4.90 Å². The van der Waals surface area contributed by atoms with E-state index >= 15 is 0 Å². The maximum Gasteiger partial charge on any atom is 0.222 e.